The van der Waals surface area contributed by atoms with Crippen LogP contribution in [0.4, 0.5) is 5.69 Å². The van der Waals surface area contributed by atoms with Crippen molar-refractivity contribution in [3.63, 3.8) is 0 Å². The monoisotopic (exact) mass is 394 g/mol. The number of benzene rings is 1. The molecular weight excluding hydrogens is 376 g/mol. The first-order valence-electron chi connectivity index (χ1n) is 8.73. The van der Waals surface area contributed by atoms with Crippen LogP contribution >= 0.6 is 0 Å². The molecule has 0 bridgehead atoms. The normalized spacial score (nSPS) is 10.6. The van der Waals surface area contributed by atoms with Gasteiger partial charge in [-0.3, -0.25) is 30.6 Å². The molecule has 2 amide bonds. The summed E-state index contributed by atoms with van der Waals surface area (Å²) in [7, 11) is 0. The van der Waals surface area contributed by atoms with Crippen LogP contribution in [-0.2, 0) is 0 Å². The molecule has 2 N–H and O–H groups in total. The minimum Gasteiger partial charge on any atom is -0.267 e. The van der Waals surface area contributed by atoms with Gasteiger partial charge in [-0.25, -0.2) is 9.67 Å². The summed E-state index contributed by atoms with van der Waals surface area (Å²) in [6.07, 6.45) is 3.03. The minimum atomic E-state index is -0.676. The molecule has 0 unspecified atom stereocenters. The molecule has 2 aromatic heterocycles. The average Bonchev–Trinajstić information content (AvgIpc) is 3.18. The van der Waals surface area contributed by atoms with E-state index >= 15 is 0 Å². The van der Waals surface area contributed by atoms with Crippen LogP contribution in [0.3, 0.4) is 0 Å². The summed E-state index contributed by atoms with van der Waals surface area (Å²) in [4.78, 5) is 39.3. The lowest BCUT2D eigenvalue weighted by Crippen LogP contribution is -2.42. The molecule has 0 fully saturated rings. The summed E-state index contributed by atoms with van der Waals surface area (Å²) in [5.41, 5.74) is 5.33. The Hall–Kier alpha value is -4.08. The number of hydrogen-bond acceptors (Lipinski definition) is 6. The number of hydrazine groups is 1. The third-order valence-corrected chi connectivity index (χ3v) is 4.07. The van der Waals surface area contributed by atoms with Crippen LogP contribution in [0.25, 0.3) is 5.82 Å². The van der Waals surface area contributed by atoms with Crippen molar-refractivity contribution in [3.8, 4) is 5.82 Å². The second kappa shape index (κ2) is 8.30. The summed E-state index contributed by atoms with van der Waals surface area (Å²) in [6, 6.07) is 10.6. The summed E-state index contributed by atoms with van der Waals surface area (Å²) < 4.78 is 1.57. The van der Waals surface area contributed by atoms with Gasteiger partial charge in [0.2, 0.25) is 0 Å². The highest BCUT2D eigenvalue weighted by Crippen LogP contribution is 2.22. The molecule has 0 aliphatic rings. The van der Waals surface area contributed by atoms with Crippen LogP contribution in [-0.4, -0.2) is 31.5 Å². The van der Waals surface area contributed by atoms with E-state index in [1.807, 2.05) is 19.9 Å². The standard InChI is InChI=1S/C19H18N6O4/c1-12(2)17-15(11-21-24(17)16-8-3-4-9-20-16)19(27)23-22-18(26)13-6-5-7-14(10-13)25(28)29/h3-12H,1-2H3,(H,22,26)(H,23,27). The lowest BCUT2D eigenvalue weighted by atomic mass is 10.1. The Morgan fingerprint density at radius 2 is 1.86 bits per heavy atom. The number of aromatic nitrogens is 3. The van der Waals surface area contributed by atoms with Crippen molar-refractivity contribution in [3.05, 3.63) is 81.8 Å². The second-order valence-corrected chi connectivity index (χ2v) is 6.41. The summed E-state index contributed by atoms with van der Waals surface area (Å²) in [5.74, 6) is -0.719. The van der Waals surface area contributed by atoms with E-state index < -0.39 is 16.7 Å². The molecule has 0 aliphatic carbocycles. The van der Waals surface area contributed by atoms with Crippen molar-refractivity contribution < 1.29 is 14.5 Å². The second-order valence-electron chi connectivity index (χ2n) is 6.41. The highest BCUT2D eigenvalue weighted by molar-refractivity contribution is 5.99. The van der Waals surface area contributed by atoms with Crippen molar-refractivity contribution in [1.29, 1.82) is 0 Å². The lowest BCUT2D eigenvalue weighted by Gasteiger charge is -2.12. The van der Waals surface area contributed by atoms with Crippen molar-refractivity contribution in [2.75, 3.05) is 0 Å². The number of hydrogen-bond donors (Lipinski definition) is 2. The fourth-order valence-corrected chi connectivity index (χ4v) is 2.76. The van der Waals surface area contributed by atoms with Crippen LogP contribution in [0.2, 0.25) is 0 Å². The van der Waals surface area contributed by atoms with Gasteiger partial charge in [0, 0.05) is 23.9 Å². The predicted octanol–water partition coefficient (Wildman–Crippen LogP) is 2.37. The van der Waals surface area contributed by atoms with E-state index in [-0.39, 0.29) is 22.7 Å². The Bertz CT molecular complexity index is 1060. The van der Waals surface area contributed by atoms with Crippen molar-refractivity contribution in [2.45, 2.75) is 19.8 Å². The first-order valence-corrected chi connectivity index (χ1v) is 8.73. The molecule has 0 atom stereocenters. The van der Waals surface area contributed by atoms with Gasteiger partial charge in [0.15, 0.2) is 5.82 Å². The molecular formula is C19H18N6O4. The van der Waals surface area contributed by atoms with Gasteiger partial charge in [-0.2, -0.15) is 5.10 Å². The summed E-state index contributed by atoms with van der Waals surface area (Å²) in [6.45, 7) is 3.82. The van der Waals surface area contributed by atoms with Gasteiger partial charge < -0.3 is 0 Å². The first kappa shape index (κ1) is 19.7. The maximum Gasteiger partial charge on any atom is 0.273 e. The molecule has 2 heterocycles. The van der Waals surface area contributed by atoms with Crippen LogP contribution in [0.15, 0.2) is 54.9 Å². The van der Waals surface area contributed by atoms with Gasteiger partial charge in [-0.1, -0.05) is 26.0 Å². The number of carbonyl (C=O) groups excluding carboxylic acids is 2. The topological polar surface area (TPSA) is 132 Å². The van der Waals surface area contributed by atoms with E-state index in [1.54, 1.807) is 23.0 Å². The van der Waals surface area contributed by atoms with E-state index in [9.17, 15) is 19.7 Å². The molecule has 3 rings (SSSR count). The van der Waals surface area contributed by atoms with E-state index in [0.29, 0.717) is 11.5 Å². The quantitative estimate of drug-likeness (QED) is 0.504. The molecule has 29 heavy (non-hydrogen) atoms. The number of nitrogens with one attached hydrogen (secondary N) is 2. The number of non-ortho nitro benzene ring substituents is 1. The van der Waals surface area contributed by atoms with Crippen molar-refractivity contribution in [2.24, 2.45) is 0 Å². The Labute approximate surface area is 165 Å². The molecule has 0 saturated carbocycles. The molecule has 0 spiro atoms. The van der Waals surface area contributed by atoms with Crippen molar-refractivity contribution in [1.82, 2.24) is 25.6 Å². The summed E-state index contributed by atoms with van der Waals surface area (Å²) in [5, 5.41) is 15.1. The van der Waals surface area contributed by atoms with Crippen LogP contribution in [0.1, 0.15) is 46.2 Å². The highest BCUT2D eigenvalue weighted by Gasteiger charge is 2.22. The van der Waals surface area contributed by atoms with Crippen LogP contribution < -0.4 is 10.9 Å². The third-order valence-electron chi connectivity index (χ3n) is 4.07. The smallest absolute Gasteiger partial charge is 0.267 e. The first-order chi connectivity index (χ1) is 13.9. The zero-order chi connectivity index (χ0) is 21.0. The van der Waals surface area contributed by atoms with E-state index in [2.05, 4.69) is 20.9 Å². The molecule has 3 aromatic rings. The largest absolute Gasteiger partial charge is 0.273 e. The molecule has 0 radical (unpaired) electrons. The number of nitro benzene ring substituents is 1. The number of nitro groups is 1. The molecule has 0 aliphatic heterocycles. The summed E-state index contributed by atoms with van der Waals surface area (Å²) >= 11 is 0. The zero-order valence-electron chi connectivity index (χ0n) is 15.7. The van der Waals surface area contributed by atoms with E-state index in [1.165, 1.54) is 24.4 Å². The Morgan fingerprint density at radius 3 is 2.52 bits per heavy atom. The van der Waals surface area contributed by atoms with Crippen LogP contribution in [0, 0.1) is 10.1 Å². The van der Waals surface area contributed by atoms with Gasteiger partial charge in [0.1, 0.15) is 0 Å². The molecule has 10 heteroatoms. The molecule has 0 saturated heterocycles. The van der Waals surface area contributed by atoms with E-state index in [0.717, 1.165) is 6.07 Å². The van der Waals surface area contributed by atoms with Gasteiger partial charge in [0.25, 0.3) is 17.5 Å². The average molecular weight is 394 g/mol. The fraction of sp³-hybridized carbons (Fsp3) is 0.158. The van der Waals surface area contributed by atoms with Gasteiger partial charge >= 0.3 is 0 Å². The zero-order valence-corrected chi connectivity index (χ0v) is 15.7. The van der Waals surface area contributed by atoms with Crippen molar-refractivity contribution >= 4 is 17.5 Å². The number of nitrogens with zero attached hydrogens (tertiary/aromatic N) is 4. The number of amides is 2. The molecule has 10 nitrogen and oxygen atoms in total. The Kier molecular flexibility index (Phi) is 5.63. The van der Waals surface area contributed by atoms with Gasteiger partial charge in [-0.05, 0) is 24.1 Å². The maximum atomic E-state index is 12.6. The van der Waals surface area contributed by atoms with Crippen LogP contribution in [0.5, 0.6) is 0 Å². The Morgan fingerprint density at radius 1 is 1.10 bits per heavy atom. The fourth-order valence-electron chi connectivity index (χ4n) is 2.76. The third kappa shape index (κ3) is 4.26. The predicted molar refractivity (Wildman–Crippen MR) is 103 cm³/mol. The number of carbonyl (C=O) groups is 2. The highest BCUT2D eigenvalue weighted by atomic mass is 16.6. The maximum absolute atomic E-state index is 12.6. The minimum absolute atomic E-state index is 0.0484. The Balaban J connectivity index is 1.78. The molecule has 148 valence electrons. The number of rotatable bonds is 5. The van der Waals surface area contributed by atoms with E-state index in [4.69, 9.17) is 0 Å². The van der Waals surface area contributed by atoms with Gasteiger partial charge in [0.05, 0.1) is 22.4 Å². The molecule has 1 aromatic carbocycles. The SMILES string of the molecule is CC(C)c1c(C(=O)NNC(=O)c2cccc([N+](=O)[O-])c2)cnn1-c1ccccn1. The van der Waals surface area contributed by atoms with Gasteiger partial charge in [-0.15, -0.1) is 0 Å². The lowest BCUT2D eigenvalue weighted by molar-refractivity contribution is -0.384. The number of pyridine rings is 1.